The molecule has 1 aliphatic rings. The lowest BCUT2D eigenvalue weighted by atomic mass is 10.0. The fraction of sp³-hybridized carbons (Fsp3) is 0.786. The van der Waals surface area contributed by atoms with Crippen LogP contribution in [0.1, 0.15) is 19.0 Å². The molecule has 1 aromatic rings. The van der Waals surface area contributed by atoms with E-state index in [2.05, 4.69) is 47.1 Å². The van der Waals surface area contributed by atoms with Crippen molar-refractivity contribution in [2.24, 2.45) is 7.05 Å². The summed E-state index contributed by atoms with van der Waals surface area (Å²) in [5.41, 5.74) is 1.33. The monoisotopic (exact) mass is 282 g/mol. The Kier molecular flexibility index (Phi) is 5.73. The molecule has 2 atom stereocenters. The second-order valence-corrected chi connectivity index (χ2v) is 6.42. The molecule has 0 aliphatic carbocycles. The molecule has 0 amide bonds. The van der Waals surface area contributed by atoms with Crippen LogP contribution in [0.25, 0.3) is 0 Å². The molecule has 1 aliphatic heterocycles. The molecule has 1 aromatic heterocycles. The lowest BCUT2D eigenvalue weighted by Crippen LogP contribution is -2.52. The summed E-state index contributed by atoms with van der Waals surface area (Å²) in [6.07, 6.45) is 4.17. The van der Waals surface area contributed by atoms with E-state index in [4.69, 9.17) is 0 Å². The Hall–Kier alpha value is -0.520. The van der Waals surface area contributed by atoms with Crippen LogP contribution in [-0.4, -0.2) is 58.4 Å². The fourth-order valence-electron chi connectivity index (χ4n) is 2.77. The molecule has 0 spiro atoms. The molecule has 108 valence electrons. The number of likely N-dealkylation sites (N-methyl/N-ethyl adjacent to an activating group) is 2. The second kappa shape index (κ2) is 7.31. The van der Waals surface area contributed by atoms with Crippen molar-refractivity contribution in [1.29, 1.82) is 0 Å². The molecule has 1 fully saturated rings. The van der Waals surface area contributed by atoms with Crippen LogP contribution in [0.4, 0.5) is 0 Å². The van der Waals surface area contributed by atoms with Gasteiger partial charge in [0.15, 0.2) is 0 Å². The summed E-state index contributed by atoms with van der Waals surface area (Å²) in [4.78, 5) is 2.52. The van der Waals surface area contributed by atoms with Gasteiger partial charge in [0.05, 0.1) is 0 Å². The molecular formula is C14H26N4S. The van der Waals surface area contributed by atoms with E-state index < -0.39 is 0 Å². The van der Waals surface area contributed by atoms with E-state index in [0.717, 1.165) is 13.0 Å². The second-order valence-electron chi connectivity index (χ2n) is 5.27. The molecule has 2 heterocycles. The fourth-order valence-corrected chi connectivity index (χ4v) is 4.08. The summed E-state index contributed by atoms with van der Waals surface area (Å²) in [5.74, 6) is 2.52. The predicted molar refractivity (Wildman–Crippen MR) is 82.7 cm³/mol. The molecular weight excluding hydrogens is 256 g/mol. The zero-order chi connectivity index (χ0) is 13.7. The van der Waals surface area contributed by atoms with Crippen LogP contribution in [0.15, 0.2) is 12.3 Å². The van der Waals surface area contributed by atoms with E-state index in [9.17, 15) is 0 Å². The minimum atomic E-state index is 0.581. The quantitative estimate of drug-likeness (QED) is 0.854. The number of nitrogens with one attached hydrogen (secondary N) is 1. The Morgan fingerprint density at radius 2 is 2.37 bits per heavy atom. The SMILES string of the molecule is CCNC(CCc1ccnn1C)C1CSCCN1C. The van der Waals surface area contributed by atoms with Gasteiger partial charge in [-0.2, -0.15) is 16.9 Å². The molecule has 0 saturated carbocycles. The third-order valence-corrected chi connectivity index (χ3v) is 5.06. The lowest BCUT2D eigenvalue weighted by Gasteiger charge is -2.38. The van der Waals surface area contributed by atoms with Crippen LogP contribution >= 0.6 is 11.8 Å². The zero-order valence-electron chi connectivity index (χ0n) is 12.3. The molecule has 1 N–H and O–H groups in total. The highest BCUT2D eigenvalue weighted by molar-refractivity contribution is 7.99. The number of thioether (sulfide) groups is 1. The average molecular weight is 282 g/mol. The first-order valence-electron chi connectivity index (χ1n) is 7.20. The largest absolute Gasteiger partial charge is 0.313 e. The van der Waals surface area contributed by atoms with Crippen LogP contribution < -0.4 is 5.32 Å². The van der Waals surface area contributed by atoms with E-state index in [-0.39, 0.29) is 0 Å². The van der Waals surface area contributed by atoms with Crippen molar-refractivity contribution in [1.82, 2.24) is 20.0 Å². The van der Waals surface area contributed by atoms with Crippen LogP contribution in [0.2, 0.25) is 0 Å². The Balaban J connectivity index is 1.93. The average Bonchev–Trinajstić information content (AvgIpc) is 2.81. The molecule has 4 nitrogen and oxygen atoms in total. The molecule has 0 bridgehead atoms. The Morgan fingerprint density at radius 1 is 1.53 bits per heavy atom. The van der Waals surface area contributed by atoms with Crippen molar-refractivity contribution in [3.05, 3.63) is 18.0 Å². The molecule has 0 radical (unpaired) electrons. The first-order chi connectivity index (χ1) is 9.22. The Bertz CT molecular complexity index is 379. The van der Waals surface area contributed by atoms with Crippen LogP contribution in [-0.2, 0) is 13.5 Å². The molecule has 1 saturated heterocycles. The van der Waals surface area contributed by atoms with Crippen LogP contribution in [0, 0.1) is 0 Å². The van der Waals surface area contributed by atoms with Gasteiger partial charge in [0.25, 0.3) is 0 Å². The highest BCUT2D eigenvalue weighted by Crippen LogP contribution is 2.20. The van der Waals surface area contributed by atoms with E-state index >= 15 is 0 Å². The van der Waals surface area contributed by atoms with Crippen molar-refractivity contribution in [3.63, 3.8) is 0 Å². The van der Waals surface area contributed by atoms with Gasteiger partial charge in [-0.3, -0.25) is 4.68 Å². The minimum Gasteiger partial charge on any atom is -0.313 e. The maximum Gasteiger partial charge on any atom is 0.0492 e. The van der Waals surface area contributed by atoms with Crippen LogP contribution in [0.3, 0.4) is 0 Å². The van der Waals surface area contributed by atoms with E-state index in [1.54, 1.807) is 0 Å². The normalized spacial score (nSPS) is 22.6. The lowest BCUT2D eigenvalue weighted by molar-refractivity contribution is 0.209. The third-order valence-electron chi connectivity index (χ3n) is 4.01. The summed E-state index contributed by atoms with van der Waals surface area (Å²) in [7, 11) is 4.29. The topological polar surface area (TPSA) is 33.1 Å². The molecule has 2 unspecified atom stereocenters. The Morgan fingerprint density at radius 3 is 3.00 bits per heavy atom. The van der Waals surface area contributed by atoms with Gasteiger partial charge < -0.3 is 10.2 Å². The van der Waals surface area contributed by atoms with Crippen molar-refractivity contribution < 1.29 is 0 Å². The van der Waals surface area contributed by atoms with Crippen molar-refractivity contribution in [2.45, 2.75) is 31.8 Å². The maximum absolute atomic E-state index is 4.25. The van der Waals surface area contributed by atoms with Crippen LogP contribution in [0.5, 0.6) is 0 Å². The molecule has 2 rings (SSSR count). The third kappa shape index (κ3) is 3.97. The smallest absolute Gasteiger partial charge is 0.0492 e. The summed E-state index contributed by atoms with van der Waals surface area (Å²) >= 11 is 2.09. The predicted octanol–water partition coefficient (Wildman–Crippen LogP) is 1.38. The van der Waals surface area contributed by atoms with Gasteiger partial charge in [-0.1, -0.05) is 6.92 Å². The highest BCUT2D eigenvalue weighted by Gasteiger charge is 2.27. The number of rotatable bonds is 6. The van der Waals surface area contributed by atoms with Gasteiger partial charge in [0.2, 0.25) is 0 Å². The number of hydrogen-bond acceptors (Lipinski definition) is 4. The van der Waals surface area contributed by atoms with Gasteiger partial charge >= 0.3 is 0 Å². The summed E-state index contributed by atoms with van der Waals surface area (Å²) in [6, 6.07) is 3.37. The summed E-state index contributed by atoms with van der Waals surface area (Å²) < 4.78 is 1.99. The van der Waals surface area contributed by atoms with Gasteiger partial charge in [0, 0.05) is 49.1 Å². The van der Waals surface area contributed by atoms with E-state index in [0.29, 0.717) is 12.1 Å². The minimum absolute atomic E-state index is 0.581. The number of nitrogens with zero attached hydrogens (tertiary/aromatic N) is 3. The number of aromatic nitrogens is 2. The van der Waals surface area contributed by atoms with Crippen molar-refractivity contribution in [3.8, 4) is 0 Å². The van der Waals surface area contributed by atoms with Gasteiger partial charge in [-0.25, -0.2) is 0 Å². The first kappa shape index (κ1) is 14.9. The van der Waals surface area contributed by atoms with E-state index in [1.165, 1.54) is 30.2 Å². The molecule has 5 heteroatoms. The first-order valence-corrected chi connectivity index (χ1v) is 8.36. The number of aryl methyl sites for hydroxylation is 2. The zero-order valence-corrected chi connectivity index (χ0v) is 13.1. The molecule has 0 aromatic carbocycles. The summed E-state index contributed by atoms with van der Waals surface area (Å²) in [5, 5.41) is 7.93. The van der Waals surface area contributed by atoms with E-state index in [1.807, 2.05) is 17.9 Å². The molecule has 19 heavy (non-hydrogen) atoms. The van der Waals surface area contributed by atoms with Gasteiger partial charge in [-0.05, 0) is 32.5 Å². The maximum atomic E-state index is 4.25. The van der Waals surface area contributed by atoms with Gasteiger partial charge in [0.1, 0.15) is 0 Å². The Labute approximate surface area is 120 Å². The van der Waals surface area contributed by atoms with Crippen molar-refractivity contribution >= 4 is 11.8 Å². The highest BCUT2D eigenvalue weighted by atomic mass is 32.2. The number of hydrogen-bond donors (Lipinski definition) is 1. The summed E-state index contributed by atoms with van der Waals surface area (Å²) in [6.45, 7) is 4.46. The van der Waals surface area contributed by atoms with Crippen molar-refractivity contribution in [2.75, 3.05) is 31.6 Å². The van der Waals surface area contributed by atoms with Gasteiger partial charge in [-0.15, -0.1) is 0 Å². The standard InChI is InChI=1S/C14H26N4S/c1-4-15-13(14-11-19-10-9-17(14)2)6-5-12-7-8-16-18(12)3/h7-8,13-15H,4-6,9-11H2,1-3H3.